The molecule has 0 aromatic heterocycles. The normalized spacial score (nSPS) is 15.6. The van der Waals surface area contributed by atoms with Gasteiger partial charge in [-0.2, -0.15) is 0 Å². The number of benzene rings is 1. The Morgan fingerprint density at radius 2 is 1.16 bits per heavy atom. The van der Waals surface area contributed by atoms with Gasteiger partial charge in [-0.05, 0) is 45.2 Å². The highest BCUT2D eigenvalue weighted by molar-refractivity contribution is 6.26. The molecular formula is C38H59N3O14. The van der Waals surface area contributed by atoms with Crippen molar-refractivity contribution < 1.29 is 66.6 Å². The fraction of sp³-hybridized carbons (Fsp3) is 0.711. The van der Waals surface area contributed by atoms with Gasteiger partial charge in [-0.25, -0.2) is 0 Å². The summed E-state index contributed by atoms with van der Waals surface area (Å²) in [6.45, 7) is 12.4. The molecule has 5 amide bonds. The molecule has 2 aliphatic heterocycles. The average molecular weight is 782 g/mol. The lowest BCUT2D eigenvalue weighted by Crippen LogP contribution is -2.54. The minimum absolute atomic E-state index is 0.0297. The Balaban J connectivity index is 1.05. The van der Waals surface area contributed by atoms with Gasteiger partial charge in [0.1, 0.15) is 6.04 Å². The lowest BCUT2D eigenvalue weighted by Gasteiger charge is -2.27. The van der Waals surface area contributed by atoms with E-state index in [1.807, 2.05) is 13.8 Å². The molecule has 1 atom stereocenters. The van der Waals surface area contributed by atoms with Crippen molar-refractivity contribution in [1.82, 2.24) is 10.2 Å². The highest BCUT2D eigenvalue weighted by atomic mass is 16.6. The van der Waals surface area contributed by atoms with Crippen molar-refractivity contribution in [2.45, 2.75) is 64.5 Å². The number of piperidine rings is 1. The number of carbonyl (C=O) groups excluding carboxylic acids is 5. The summed E-state index contributed by atoms with van der Waals surface area (Å²) in [5.41, 5.74) is 0.387. The number of unbranched alkanes of at least 4 members (excludes halogenated alkanes) is 2. The average Bonchev–Trinajstić information content (AvgIpc) is 3.41. The van der Waals surface area contributed by atoms with Crippen molar-refractivity contribution in [3.05, 3.63) is 29.3 Å². The highest BCUT2D eigenvalue weighted by Crippen LogP contribution is 2.32. The second kappa shape index (κ2) is 28.1. The number of ether oxygens (including phenoxy) is 9. The van der Waals surface area contributed by atoms with E-state index in [9.17, 15) is 24.0 Å². The van der Waals surface area contributed by atoms with Crippen LogP contribution in [0.25, 0.3) is 0 Å². The topological polar surface area (TPSA) is 196 Å². The molecule has 1 aromatic carbocycles. The van der Waals surface area contributed by atoms with Gasteiger partial charge in [0.25, 0.3) is 11.8 Å². The fourth-order valence-electron chi connectivity index (χ4n) is 5.48. The number of hydrogen-bond acceptors (Lipinski definition) is 14. The second-order valence-corrected chi connectivity index (χ2v) is 12.9. The maximum absolute atomic E-state index is 13.2. The summed E-state index contributed by atoms with van der Waals surface area (Å²) in [5.74, 6) is -2.71. The maximum atomic E-state index is 13.2. The van der Waals surface area contributed by atoms with Crippen molar-refractivity contribution in [1.29, 1.82) is 0 Å². The zero-order valence-corrected chi connectivity index (χ0v) is 32.3. The van der Waals surface area contributed by atoms with Crippen LogP contribution in [0.5, 0.6) is 0 Å². The van der Waals surface area contributed by atoms with Crippen LogP contribution in [-0.4, -0.2) is 159 Å². The molecule has 1 saturated heterocycles. The molecule has 55 heavy (non-hydrogen) atoms. The van der Waals surface area contributed by atoms with E-state index in [4.69, 9.17) is 42.6 Å². The molecule has 1 fully saturated rings. The predicted octanol–water partition coefficient (Wildman–Crippen LogP) is 2.14. The van der Waals surface area contributed by atoms with Crippen LogP contribution in [0.2, 0.25) is 0 Å². The van der Waals surface area contributed by atoms with E-state index < -0.39 is 29.7 Å². The Morgan fingerprint density at radius 3 is 1.65 bits per heavy atom. The van der Waals surface area contributed by atoms with Crippen LogP contribution in [0.3, 0.4) is 0 Å². The standard InChI is InChI=1S/C38H59N3O14/c1-29(2)55-28-27-54-26-25-53-24-23-52-22-21-51-20-19-50-18-17-49-16-15-48-14-13-47-12-5-3-4-9-33(42)39-31-8-6-7-30-35(31)38(46)41(37(30)45)32-10-11-34(43)40-36(32)44/h6-8,29,32H,3-5,9-28H2,1-2H3,(H,39,42)(H,40,43,44). The van der Waals surface area contributed by atoms with E-state index in [0.29, 0.717) is 119 Å². The second-order valence-electron chi connectivity index (χ2n) is 12.9. The molecule has 2 aliphatic rings. The smallest absolute Gasteiger partial charge is 0.264 e. The van der Waals surface area contributed by atoms with Gasteiger partial charge < -0.3 is 47.9 Å². The molecule has 0 bridgehead atoms. The number of hydrogen-bond donors (Lipinski definition) is 2. The first-order chi connectivity index (χ1) is 26.8. The van der Waals surface area contributed by atoms with Gasteiger partial charge >= 0.3 is 0 Å². The summed E-state index contributed by atoms with van der Waals surface area (Å²) < 4.78 is 49.3. The molecule has 2 heterocycles. The predicted molar refractivity (Wildman–Crippen MR) is 198 cm³/mol. The van der Waals surface area contributed by atoms with Crippen LogP contribution >= 0.6 is 0 Å². The molecule has 310 valence electrons. The van der Waals surface area contributed by atoms with E-state index in [0.717, 1.165) is 17.7 Å². The molecule has 0 aliphatic carbocycles. The fourth-order valence-corrected chi connectivity index (χ4v) is 5.48. The SMILES string of the molecule is CC(C)OCCOCCOCCOCCOCCOCCOCCOCCOCCCCCC(=O)Nc1cccc2c1C(=O)N(C1CCC(=O)NC1=O)C2=O. The first-order valence-corrected chi connectivity index (χ1v) is 19.2. The van der Waals surface area contributed by atoms with E-state index >= 15 is 0 Å². The van der Waals surface area contributed by atoms with Crippen molar-refractivity contribution in [2.24, 2.45) is 0 Å². The number of imide groups is 2. The van der Waals surface area contributed by atoms with Gasteiger partial charge in [-0.1, -0.05) is 12.5 Å². The van der Waals surface area contributed by atoms with E-state index in [-0.39, 0.29) is 48.1 Å². The molecule has 0 spiro atoms. The van der Waals surface area contributed by atoms with Gasteiger partial charge in [-0.3, -0.25) is 34.2 Å². The van der Waals surface area contributed by atoms with Gasteiger partial charge in [0.05, 0.1) is 129 Å². The number of amides is 5. The summed E-state index contributed by atoms with van der Waals surface area (Å²) in [6.07, 6.45) is 2.68. The number of anilines is 1. The minimum Gasteiger partial charge on any atom is -0.379 e. The van der Waals surface area contributed by atoms with Crippen LogP contribution in [-0.2, 0) is 57.0 Å². The molecule has 17 heteroatoms. The summed E-state index contributed by atoms with van der Waals surface area (Å²) in [7, 11) is 0. The molecule has 0 saturated carbocycles. The van der Waals surface area contributed by atoms with Crippen molar-refractivity contribution in [2.75, 3.05) is 118 Å². The quantitative estimate of drug-likeness (QED) is 0.0778. The molecule has 1 aromatic rings. The number of rotatable bonds is 33. The molecule has 0 radical (unpaired) electrons. The Labute approximate surface area is 323 Å². The zero-order valence-electron chi connectivity index (χ0n) is 32.3. The lowest BCUT2D eigenvalue weighted by molar-refractivity contribution is -0.136. The van der Waals surface area contributed by atoms with Crippen LogP contribution in [0.4, 0.5) is 5.69 Å². The lowest BCUT2D eigenvalue weighted by atomic mass is 10.0. The van der Waals surface area contributed by atoms with Crippen molar-refractivity contribution in [3.63, 3.8) is 0 Å². The molecule has 1 unspecified atom stereocenters. The minimum atomic E-state index is -1.07. The number of carbonyl (C=O) groups is 5. The van der Waals surface area contributed by atoms with Gasteiger partial charge in [0, 0.05) is 19.4 Å². The van der Waals surface area contributed by atoms with Gasteiger partial charge in [0.2, 0.25) is 17.7 Å². The van der Waals surface area contributed by atoms with Gasteiger partial charge in [0.15, 0.2) is 0 Å². The van der Waals surface area contributed by atoms with Crippen LogP contribution in [0.15, 0.2) is 18.2 Å². The molecule has 17 nitrogen and oxygen atoms in total. The first-order valence-electron chi connectivity index (χ1n) is 19.2. The number of nitrogens with zero attached hydrogens (tertiary/aromatic N) is 1. The monoisotopic (exact) mass is 781 g/mol. The third-order valence-corrected chi connectivity index (χ3v) is 8.22. The maximum Gasteiger partial charge on any atom is 0.264 e. The van der Waals surface area contributed by atoms with E-state index in [1.54, 1.807) is 12.1 Å². The summed E-state index contributed by atoms with van der Waals surface area (Å²) in [4.78, 5) is 63.5. The van der Waals surface area contributed by atoms with Crippen LogP contribution in [0, 0.1) is 0 Å². The van der Waals surface area contributed by atoms with E-state index in [1.165, 1.54) is 6.07 Å². The number of fused-ring (bicyclic) bond motifs is 1. The number of nitrogens with one attached hydrogen (secondary N) is 2. The van der Waals surface area contributed by atoms with Crippen LogP contribution in [0.1, 0.15) is 73.1 Å². The zero-order chi connectivity index (χ0) is 39.5. The molecule has 3 rings (SSSR count). The third-order valence-electron chi connectivity index (χ3n) is 8.22. The van der Waals surface area contributed by atoms with E-state index in [2.05, 4.69) is 10.6 Å². The van der Waals surface area contributed by atoms with Crippen molar-refractivity contribution >= 4 is 35.2 Å². The summed E-state index contributed by atoms with van der Waals surface area (Å²) >= 11 is 0. The van der Waals surface area contributed by atoms with Gasteiger partial charge in [-0.15, -0.1) is 0 Å². The first kappa shape index (κ1) is 46.0. The third kappa shape index (κ3) is 18.4. The highest BCUT2D eigenvalue weighted by Gasteiger charge is 2.45. The van der Waals surface area contributed by atoms with Crippen LogP contribution < -0.4 is 10.6 Å². The molecule has 2 N–H and O–H groups in total. The Bertz CT molecular complexity index is 1310. The Hall–Kier alpha value is -3.39. The largest absolute Gasteiger partial charge is 0.379 e. The van der Waals surface area contributed by atoms with Crippen molar-refractivity contribution in [3.8, 4) is 0 Å². The Morgan fingerprint density at radius 1 is 0.673 bits per heavy atom. The Kier molecular flexibility index (Phi) is 23.5. The molecular weight excluding hydrogens is 722 g/mol. The summed E-state index contributed by atoms with van der Waals surface area (Å²) in [5, 5.41) is 4.90. The summed E-state index contributed by atoms with van der Waals surface area (Å²) in [6, 6.07) is 3.53.